The molecule has 0 fully saturated rings. The van der Waals surface area contributed by atoms with Crippen LogP contribution in [0.5, 0.6) is 0 Å². The van der Waals surface area contributed by atoms with Crippen LogP contribution < -0.4 is 0 Å². The van der Waals surface area contributed by atoms with Crippen LogP contribution in [0, 0.1) is 0 Å². The van der Waals surface area contributed by atoms with E-state index in [9.17, 15) is 0 Å². The van der Waals surface area contributed by atoms with Crippen molar-refractivity contribution in [3.8, 4) is 0 Å². The van der Waals surface area contributed by atoms with Crippen LogP contribution in [0.2, 0.25) is 32.2 Å². The van der Waals surface area contributed by atoms with Crippen LogP contribution in [0.25, 0.3) is 0 Å². The minimum atomic E-state index is -2.45. The lowest BCUT2D eigenvalue weighted by molar-refractivity contribution is 0.246. The normalized spacial score (nSPS) is 18.7. The van der Waals surface area contributed by atoms with E-state index < -0.39 is 25.7 Å². The molecule has 4 nitrogen and oxygen atoms in total. The van der Waals surface area contributed by atoms with Gasteiger partial charge in [-0.2, -0.15) is 0 Å². The first-order valence-electron chi connectivity index (χ1n) is 6.80. The molecule has 114 valence electrons. The van der Waals surface area contributed by atoms with Gasteiger partial charge in [-0.3, -0.25) is 0 Å². The van der Waals surface area contributed by atoms with Gasteiger partial charge in [-0.25, -0.2) is 0 Å². The van der Waals surface area contributed by atoms with Crippen molar-refractivity contribution in [2.75, 3.05) is 14.2 Å². The second-order valence-electron chi connectivity index (χ2n) is 5.47. The van der Waals surface area contributed by atoms with E-state index in [1.807, 2.05) is 25.3 Å². The largest absolute Gasteiger partial charge is 0.412 e. The van der Waals surface area contributed by atoms with Crippen molar-refractivity contribution in [2.45, 2.75) is 52.0 Å². The van der Waals surface area contributed by atoms with Crippen LogP contribution in [0.4, 0.5) is 0 Å². The highest BCUT2D eigenvalue weighted by atomic mass is 28.5. The molecular formula is C12H30O4Si3. The van der Waals surface area contributed by atoms with Gasteiger partial charge in [0.1, 0.15) is 0 Å². The molecule has 0 spiro atoms. The van der Waals surface area contributed by atoms with Gasteiger partial charge in [-0.1, -0.05) is 25.5 Å². The molecule has 0 saturated heterocycles. The lowest BCUT2D eigenvalue weighted by Crippen LogP contribution is -2.55. The fraction of sp³-hybridized carbons (Fsp3) is 0.833. The summed E-state index contributed by atoms with van der Waals surface area (Å²) in [6.07, 6.45) is 2.25. The molecule has 0 aromatic rings. The molecular weight excluding hydrogens is 292 g/mol. The molecule has 0 aliphatic heterocycles. The highest BCUT2D eigenvalue weighted by Crippen LogP contribution is 2.25. The maximum atomic E-state index is 6.33. The summed E-state index contributed by atoms with van der Waals surface area (Å²) < 4.78 is 23.7. The Labute approximate surface area is 121 Å². The molecule has 0 heterocycles. The van der Waals surface area contributed by atoms with Crippen molar-refractivity contribution < 1.29 is 17.1 Å². The second kappa shape index (κ2) is 7.87. The van der Waals surface area contributed by atoms with Crippen LogP contribution in [0.1, 0.15) is 19.8 Å². The monoisotopic (exact) mass is 322 g/mol. The maximum absolute atomic E-state index is 6.33. The SMILES string of the molecule is C=C[Si](C)(O[Si](C)(C)OC)O[Si](C)(CCCC)OC. The van der Waals surface area contributed by atoms with Crippen molar-refractivity contribution in [3.63, 3.8) is 0 Å². The third kappa shape index (κ3) is 6.98. The van der Waals surface area contributed by atoms with E-state index in [-0.39, 0.29) is 0 Å². The predicted octanol–water partition coefficient (Wildman–Crippen LogP) is 3.68. The standard InChI is InChI=1S/C12H30O4Si3/c1-9-11-12-19(8,14-4)16-18(7,10-2)15-17(5,6)13-3/h10H,2,9,11-12H2,1,3-8H3. The Morgan fingerprint density at radius 2 is 1.58 bits per heavy atom. The van der Waals surface area contributed by atoms with Crippen LogP contribution in [0.15, 0.2) is 12.3 Å². The Morgan fingerprint density at radius 3 is 1.95 bits per heavy atom. The molecule has 19 heavy (non-hydrogen) atoms. The summed E-state index contributed by atoms with van der Waals surface area (Å²) in [6, 6.07) is 0.981. The molecule has 0 aromatic heterocycles. The fourth-order valence-corrected chi connectivity index (χ4v) is 12.6. The summed E-state index contributed by atoms with van der Waals surface area (Å²) >= 11 is 0. The molecule has 7 heteroatoms. The Bertz CT molecular complexity index is 288. The minimum Gasteiger partial charge on any atom is -0.412 e. The maximum Gasteiger partial charge on any atom is 0.343 e. The number of hydrogen-bond donors (Lipinski definition) is 0. The molecule has 0 N–H and O–H groups in total. The summed E-state index contributed by atoms with van der Waals surface area (Å²) in [5, 5.41) is 0. The zero-order chi connectivity index (χ0) is 15.2. The van der Waals surface area contributed by atoms with Crippen molar-refractivity contribution in [1.29, 1.82) is 0 Å². The summed E-state index contributed by atoms with van der Waals surface area (Å²) in [6.45, 7) is 14.2. The zero-order valence-electron chi connectivity index (χ0n) is 13.5. The highest BCUT2D eigenvalue weighted by molar-refractivity contribution is 6.87. The molecule has 2 atom stereocenters. The molecule has 0 saturated carbocycles. The minimum absolute atomic E-state index is 0.981. The summed E-state index contributed by atoms with van der Waals surface area (Å²) in [5.41, 5.74) is 1.83. The Morgan fingerprint density at radius 1 is 1.00 bits per heavy atom. The Hall–Kier alpha value is 0.231. The van der Waals surface area contributed by atoms with Gasteiger partial charge in [-0.05, 0) is 32.2 Å². The van der Waals surface area contributed by atoms with Gasteiger partial charge in [-0.15, -0.1) is 6.58 Å². The second-order valence-corrected chi connectivity index (χ2v) is 15.9. The van der Waals surface area contributed by atoms with Crippen molar-refractivity contribution in [2.24, 2.45) is 0 Å². The van der Waals surface area contributed by atoms with E-state index in [2.05, 4.69) is 20.0 Å². The lowest BCUT2D eigenvalue weighted by atomic mass is 10.4. The average Bonchev–Trinajstić information content (AvgIpc) is 2.35. The summed E-state index contributed by atoms with van der Waals surface area (Å²) in [7, 11) is -3.35. The third-order valence-electron chi connectivity index (χ3n) is 3.15. The van der Waals surface area contributed by atoms with Gasteiger partial charge < -0.3 is 17.1 Å². The molecule has 0 aliphatic rings. The zero-order valence-corrected chi connectivity index (χ0v) is 16.5. The first kappa shape index (κ1) is 19.2. The number of unbranched alkanes of at least 4 members (excludes halogenated alkanes) is 1. The molecule has 0 rings (SSSR count). The van der Waals surface area contributed by atoms with Crippen molar-refractivity contribution in [3.05, 3.63) is 12.3 Å². The molecule has 0 radical (unpaired) electrons. The van der Waals surface area contributed by atoms with E-state index >= 15 is 0 Å². The number of hydrogen-bond acceptors (Lipinski definition) is 4. The quantitative estimate of drug-likeness (QED) is 0.575. The van der Waals surface area contributed by atoms with Crippen molar-refractivity contribution in [1.82, 2.24) is 0 Å². The number of rotatable bonds is 10. The topological polar surface area (TPSA) is 36.9 Å². The predicted molar refractivity (Wildman–Crippen MR) is 86.8 cm³/mol. The van der Waals surface area contributed by atoms with E-state index in [0.29, 0.717) is 0 Å². The highest BCUT2D eigenvalue weighted by Gasteiger charge is 2.44. The smallest absolute Gasteiger partial charge is 0.343 e. The van der Waals surface area contributed by atoms with Gasteiger partial charge >= 0.3 is 25.7 Å². The first-order valence-corrected chi connectivity index (χ1v) is 14.5. The molecule has 0 aromatic carbocycles. The van der Waals surface area contributed by atoms with Crippen LogP contribution in [0.3, 0.4) is 0 Å². The summed E-state index contributed by atoms with van der Waals surface area (Å²) in [5.74, 6) is 0. The van der Waals surface area contributed by atoms with E-state index in [4.69, 9.17) is 17.1 Å². The fourth-order valence-electron chi connectivity index (χ4n) is 1.76. The van der Waals surface area contributed by atoms with Gasteiger partial charge in [0, 0.05) is 14.2 Å². The third-order valence-corrected chi connectivity index (χ3v) is 13.9. The molecule has 0 aliphatic carbocycles. The van der Waals surface area contributed by atoms with Gasteiger partial charge in [0.2, 0.25) is 0 Å². The van der Waals surface area contributed by atoms with E-state index in [0.717, 1.165) is 18.9 Å². The van der Waals surface area contributed by atoms with Gasteiger partial charge in [0.05, 0.1) is 0 Å². The Balaban J connectivity index is 4.88. The summed E-state index contributed by atoms with van der Waals surface area (Å²) in [4.78, 5) is 0. The lowest BCUT2D eigenvalue weighted by Gasteiger charge is -2.38. The Kier molecular flexibility index (Phi) is 7.96. The van der Waals surface area contributed by atoms with E-state index in [1.54, 1.807) is 14.2 Å². The van der Waals surface area contributed by atoms with Crippen LogP contribution in [-0.4, -0.2) is 39.9 Å². The molecule has 0 amide bonds. The molecule has 2 unspecified atom stereocenters. The molecule has 0 bridgehead atoms. The average molecular weight is 323 g/mol. The van der Waals surface area contributed by atoms with Gasteiger partial charge in [0.15, 0.2) is 0 Å². The van der Waals surface area contributed by atoms with Crippen LogP contribution >= 0.6 is 0 Å². The van der Waals surface area contributed by atoms with E-state index in [1.165, 1.54) is 0 Å². The van der Waals surface area contributed by atoms with Crippen LogP contribution in [-0.2, 0) is 17.1 Å². The first-order chi connectivity index (χ1) is 8.66. The van der Waals surface area contributed by atoms with Crippen molar-refractivity contribution >= 4 is 25.7 Å². The van der Waals surface area contributed by atoms with Gasteiger partial charge in [0.25, 0.3) is 0 Å².